The number of aryl methyl sites for hydroxylation is 2. The molecular weight excluding hydrogens is 408 g/mol. The van der Waals surface area contributed by atoms with Gasteiger partial charge in [0.2, 0.25) is 17.0 Å². The molecule has 0 radical (unpaired) electrons. The SMILES string of the molecule is Cc1cc2oc(-c3ccc(Cl)cc3)c(OCC(=O)c3cccs3)c(=O)c2cc1C. The lowest BCUT2D eigenvalue weighted by molar-refractivity contribution is 0.0924. The molecule has 0 N–H and O–H groups in total. The summed E-state index contributed by atoms with van der Waals surface area (Å²) in [4.78, 5) is 26.2. The highest BCUT2D eigenvalue weighted by Gasteiger charge is 2.20. The molecule has 0 aliphatic heterocycles. The van der Waals surface area contributed by atoms with E-state index in [1.165, 1.54) is 11.3 Å². The third kappa shape index (κ3) is 3.84. The van der Waals surface area contributed by atoms with Crippen LogP contribution in [0.4, 0.5) is 0 Å². The van der Waals surface area contributed by atoms with Crippen LogP contribution >= 0.6 is 22.9 Å². The highest BCUT2D eigenvalue weighted by atomic mass is 35.5. The van der Waals surface area contributed by atoms with Gasteiger partial charge in [0.1, 0.15) is 5.58 Å². The Bertz CT molecular complexity index is 1260. The Morgan fingerprint density at radius 2 is 1.83 bits per heavy atom. The molecule has 2 aromatic carbocycles. The van der Waals surface area contributed by atoms with Crippen LogP contribution in [0.2, 0.25) is 5.02 Å². The number of halogens is 1. The van der Waals surface area contributed by atoms with E-state index < -0.39 is 0 Å². The van der Waals surface area contributed by atoms with Crippen LogP contribution in [-0.4, -0.2) is 12.4 Å². The Labute approximate surface area is 176 Å². The molecule has 0 saturated heterocycles. The third-order valence-corrected chi connectivity index (χ3v) is 5.88. The van der Waals surface area contributed by atoms with Gasteiger partial charge in [-0.15, -0.1) is 11.3 Å². The average molecular weight is 425 g/mol. The zero-order valence-electron chi connectivity index (χ0n) is 15.8. The minimum atomic E-state index is -0.307. The fourth-order valence-electron chi connectivity index (χ4n) is 3.00. The minimum absolute atomic E-state index is 0.0213. The molecule has 0 amide bonds. The van der Waals surface area contributed by atoms with E-state index in [0.29, 0.717) is 26.4 Å². The molecule has 0 bridgehead atoms. The summed E-state index contributed by atoms with van der Waals surface area (Å²) in [5.74, 6) is 0.107. The number of thiophene rings is 1. The second-order valence-corrected chi connectivity index (χ2v) is 8.10. The topological polar surface area (TPSA) is 56.5 Å². The van der Waals surface area contributed by atoms with E-state index >= 15 is 0 Å². The molecule has 4 nitrogen and oxygen atoms in total. The molecule has 0 aliphatic carbocycles. The van der Waals surface area contributed by atoms with Crippen LogP contribution < -0.4 is 10.2 Å². The van der Waals surface area contributed by atoms with Gasteiger partial charge >= 0.3 is 0 Å². The van der Waals surface area contributed by atoms with Crippen molar-refractivity contribution in [2.45, 2.75) is 13.8 Å². The van der Waals surface area contributed by atoms with Crippen molar-refractivity contribution in [2.24, 2.45) is 0 Å². The molecular formula is C23H17ClO4S. The lowest BCUT2D eigenvalue weighted by atomic mass is 10.0. The van der Waals surface area contributed by atoms with Crippen molar-refractivity contribution in [1.29, 1.82) is 0 Å². The van der Waals surface area contributed by atoms with E-state index in [2.05, 4.69) is 0 Å². The molecule has 4 rings (SSSR count). The zero-order valence-corrected chi connectivity index (χ0v) is 17.4. The molecule has 2 aromatic heterocycles. The first-order valence-corrected chi connectivity index (χ1v) is 10.2. The van der Waals surface area contributed by atoms with Gasteiger partial charge in [0, 0.05) is 10.6 Å². The normalized spacial score (nSPS) is 11.0. The number of Topliss-reactive ketones (excluding diaryl/α,β-unsaturated/α-hetero) is 1. The number of ketones is 1. The summed E-state index contributed by atoms with van der Waals surface area (Å²) in [5.41, 5.74) is 2.80. The zero-order chi connectivity index (χ0) is 20.5. The monoisotopic (exact) mass is 424 g/mol. The summed E-state index contributed by atoms with van der Waals surface area (Å²) in [6.07, 6.45) is 0. The van der Waals surface area contributed by atoms with Gasteiger partial charge in [-0.1, -0.05) is 17.7 Å². The Kier molecular flexibility index (Phi) is 5.26. The Morgan fingerprint density at radius 3 is 2.52 bits per heavy atom. The van der Waals surface area contributed by atoms with Gasteiger partial charge in [0.05, 0.1) is 10.3 Å². The highest BCUT2D eigenvalue weighted by Crippen LogP contribution is 2.32. The summed E-state index contributed by atoms with van der Waals surface area (Å²) >= 11 is 7.33. The van der Waals surface area contributed by atoms with Crippen LogP contribution in [-0.2, 0) is 0 Å². The maximum Gasteiger partial charge on any atom is 0.235 e. The van der Waals surface area contributed by atoms with Crippen LogP contribution in [0.25, 0.3) is 22.3 Å². The summed E-state index contributed by atoms with van der Waals surface area (Å²) in [7, 11) is 0. The van der Waals surface area contributed by atoms with E-state index in [1.807, 2.05) is 25.3 Å². The fourth-order valence-corrected chi connectivity index (χ4v) is 3.78. The number of hydrogen-bond acceptors (Lipinski definition) is 5. The molecule has 0 atom stereocenters. The molecule has 0 aliphatic rings. The van der Waals surface area contributed by atoms with Gasteiger partial charge in [-0.05, 0) is 72.8 Å². The quantitative estimate of drug-likeness (QED) is 0.366. The van der Waals surface area contributed by atoms with Gasteiger partial charge in [-0.3, -0.25) is 9.59 Å². The second-order valence-electron chi connectivity index (χ2n) is 6.72. The van der Waals surface area contributed by atoms with E-state index in [4.69, 9.17) is 20.8 Å². The maximum atomic E-state index is 13.2. The molecule has 0 spiro atoms. The lowest BCUT2D eigenvalue weighted by Gasteiger charge is -2.12. The number of benzene rings is 2. The predicted octanol–water partition coefficient (Wildman–Crippen LogP) is 6.05. The van der Waals surface area contributed by atoms with Gasteiger partial charge in [-0.2, -0.15) is 0 Å². The minimum Gasteiger partial charge on any atom is -0.478 e. The number of carbonyl (C=O) groups excluding carboxylic acids is 1. The van der Waals surface area contributed by atoms with E-state index in [1.54, 1.807) is 42.5 Å². The maximum absolute atomic E-state index is 13.2. The molecule has 2 heterocycles. The molecule has 6 heteroatoms. The largest absolute Gasteiger partial charge is 0.478 e. The van der Waals surface area contributed by atoms with Crippen molar-refractivity contribution in [3.05, 3.63) is 85.2 Å². The number of hydrogen-bond donors (Lipinski definition) is 0. The lowest BCUT2D eigenvalue weighted by Crippen LogP contribution is -2.16. The molecule has 4 aromatic rings. The summed E-state index contributed by atoms with van der Waals surface area (Å²) in [6.45, 7) is 3.64. The second kappa shape index (κ2) is 7.85. The Morgan fingerprint density at radius 1 is 1.10 bits per heavy atom. The highest BCUT2D eigenvalue weighted by molar-refractivity contribution is 7.12. The Balaban J connectivity index is 1.85. The van der Waals surface area contributed by atoms with Gasteiger partial charge < -0.3 is 9.15 Å². The van der Waals surface area contributed by atoms with Crippen LogP contribution in [0, 0.1) is 13.8 Å². The first-order chi connectivity index (χ1) is 13.9. The van der Waals surface area contributed by atoms with Crippen molar-refractivity contribution in [3.63, 3.8) is 0 Å². The number of fused-ring (bicyclic) bond motifs is 1. The van der Waals surface area contributed by atoms with Crippen LogP contribution in [0.3, 0.4) is 0 Å². The van der Waals surface area contributed by atoms with Gasteiger partial charge in [0.15, 0.2) is 12.4 Å². The molecule has 29 heavy (non-hydrogen) atoms. The molecule has 0 fully saturated rings. The van der Waals surface area contributed by atoms with Gasteiger partial charge in [0.25, 0.3) is 0 Å². The van der Waals surface area contributed by atoms with Crippen LogP contribution in [0.5, 0.6) is 5.75 Å². The summed E-state index contributed by atoms with van der Waals surface area (Å²) in [6, 6.07) is 14.1. The number of rotatable bonds is 5. The number of carbonyl (C=O) groups is 1. The molecule has 146 valence electrons. The van der Waals surface area contributed by atoms with Crippen molar-refractivity contribution >= 4 is 39.7 Å². The molecule has 0 unspecified atom stereocenters. The van der Waals surface area contributed by atoms with Crippen molar-refractivity contribution in [2.75, 3.05) is 6.61 Å². The standard InChI is InChI=1S/C23H17ClO4S/c1-13-10-17-19(11-14(13)2)28-22(15-5-7-16(24)8-6-15)23(21(17)26)27-12-18(25)20-4-3-9-29-20/h3-11H,12H2,1-2H3. The smallest absolute Gasteiger partial charge is 0.235 e. The van der Waals surface area contributed by atoms with Crippen molar-refractivity contribution in [1.82, 2.24) is 0 Å². The van der Waals surface area contributed by atoms with Crippen molar-refractivity contribution < 1.29 is 13.9 Å². The average Bonchev–Trinajstić information content (AvgIpc) is 3.24. The van der Waals surface area contributed by atoms with Crippen LogP contribution in [0.15, 0.2) is 63.1 Å². The number of ether oxygens (including phenoxy) is 1. The van der Waals surface area contributed by atoms with Gasteiger partial charge in [-0.25, -0.2) is 0 Å². The summed E-state index contributed by atoms with van der Waals surface area (Å²) < 4.78 is 11.8. The molecule has 0 saturated carbocycles. The first kappa shape index (κ1) is 19.4. The van der Waals surface area contributed by atoms with E-state index in [9.17, 15) is 9.59 Å². The third-order valence-electron chi connectivity index (χ3n) is 4.72. The fraction of sp³-hybridized carbons (Fsp3) is 0.130. The Hall–Kier alpha value is -2.89. The van der Waals surface area contributed by atoms with E-state index in [-0.39, 0.29) is 29.3 Å². The van der Waals surface area contributed by atoms with E-state index in [0.717, 1.165) is 11.1 Å². The van der Waals surface area contributed by atoms with Crippen LogP contribution in [0.1, 0.15) is 20.8 Å². The summed E-state index contributed by atoms with van der Waals surface area (Å²) in [5, 5.41) is 2.81. The van der Waals surface area contributed by atoms with Crippen molar-refractivity contribution in [3.8, 4) is 17.1 Å². The predicted molar refractivity (Wildman–Crippen MR) is 117 cm³/mol. The first-order valence-electron chi connectivity index (χ1n) is 8.97.